The molecule has 3 heterocycles. The molecule has 0 aliphatic carbocycles. The van der Waals surface area contributed by atoms with Gasteiger partial charge in [0.1, 0.15) is 5.82 Å². The first-order valence-corrected chi connectivity index (χ1v) is 11.9. The fourth-order valence-electron chi connectivity index (χ4n) is 3.88. The maximum absolute atomic E-state index is 4.76. The van der Waals surface area contributed by atoms with Gasteiger partial charge in [0.15, 0.2) is 5.82 Å². The van der Waals surface area contributed by atoms with Crippen molar-refractivity contribution in [3.8, 4) is 22.6 Å². The molecule has 3 aromatic heterocycles. The van der Waals surface area contributed by atoms with E-state index in [0.717, 1.165) is 49.1 Å². The zero-order valence-corrected chi connectivity index (χ0v) is 19.2. The maximum Gasteiger partial charge on any atom is 0.209 e. The molecule has 3 N–H and O–H groups in total. The van der Waals surface area contributed by atoms with Crippen LogP contribution in [0, 0.1) is 0 Å². The fraction of sp³-hybridized carbons (Fsp3) is 0.0417. The van der Waals surface area contributed by atoms with Gasteiger partial charge < -0.3 is 9.97 Å². The van der Waals surface area contributed by atoms with Crippen molar-refractivity contribution >= 4 is 49.6 Å². The molecule has 0 amide bonds. The Morgan fingerprint density at radius 2 is 1.69 bits per heavy atom. The molecule has 3 aromatic carbocycles. The Bertz CT molecular complexity index is 1520. The molecule has 6 rings (SSSR count). The number of thioether (sulfide) groups is 1. The van der Waals surface area contributed by atoms with Crippen LogP contribution in [0.4, 0.5) is 0 Å². The van der Waals surface area contributed by atoms with Gasteiger partial charge in [-0.2, -0.15) is 4.98 Å². The molecule has 0 radical (unpaired) electrons. The van der Waals surface area contributed by atoms with Crippen LogP contribution < -0.4 is 0 Å². The summed E-state index contributed by atoms with van der Waals surface area (Å²) in [4.78, 5) is 16.3. The first-order valence-electron chi connectivity index (χ1n) is 10.1. The van der Waals surface area contributed by atoms with Gasteiger partial charge in [-0.25, -0.2) is 4.98 Å². The normalized spacial score (nSPS) is 11.5. The van der Waals surface area contributed by atoms with Crippen molar-refractivity contribution in [2.24, 2.45) is 0 Å². The van der Waals surface area contributed by atoms with Gasteiger partial charge in [0.05, 0.1) is 22.5 Å². The summed E-state index contributed by atoms with van der Waals surface area (Å²) < 4.78 is 1.03. The van der Waals surface area contributed by atoms with E-state index in [4.69, 9.17) is 4.98 Å². The Labute approximate surface area is 196 Å². The number of para-hydroxylation sites is 2. The number of imidazole rings is 1. The molecule has 0 bridgehead atoms. The average Bonchev–Trinajstić information content (AvgIpc) is 3.54. The zero-order valence-electron chi connectivity index (χ0n) is 16.8. The summed E-state index contributed by atoms with van der Waals surface area (Å²) in [5, 5.41) is 9.37. The Morgan fingerprint density at radius 1 is 0.844 bits per heavy atom. The third-order valence-corrected chi connectivity index (χ3v) is 6.65. The Hall–Kier alpha value is -3.36. The summed E-state index contributed by atoms with van der Waals surface area (Å²) in [7, 11) is 0. The summed E-state index contributed by atoms with van der Waals surface area (Å²) in [6, 6.07) is 24.6. The number of hydrogen-bond donors (Lipinski definition) is 3. The number of aromatic amines is 3. The molecule has 0 spiro atoms. The van der Waals surface area contributed by atoms with Gasteiger partial charge in [-0.1, -0.05) is 70.2 Å². The molecule has 0 unspecified atom stereocenters. The van der Waals surface area contributed by atoms with Gasteiger partial charge in [-0.15, -0.1) is 5.10 Å². The van der Waals surface area contributed by atoms with Crippen LogP contribution in [0.25, 0.3) is 44.6 Å². The molecular formula is C24H17BrN6S. The third-order valence-electron chi connectivity index (χ3n) is 5.30. The minimum Gasteiger partial charge on any atom is -0.351 e. The van der Waals surface area contributed by atoms with Crippen LogP contribution in [0.5, 0.6) is 0 Å². The zero-order chi connectivity index (χ0) is 21.5. The second-order valence-electron chi connectivity index (χ2n) is 7.39. The van der Waals surface area contributed by atoms with Crippen LogP contribution >= 0.6 is 27.7 Å². The van der Waals surface area contributed by atoms with Crippen LogP contribution in [0.15, 0.2) is 82.4 Å². The summed E-state index contributed by atoms with van der Waals surface area (Å²) in [5.74, 6) is 2.28. The molecule has 156 valence electrons. The monoisotopic (exact) mass is 500 g/mol. The van der Waals surface area contributed by atoms with Crippen LogP contribution in [-0.2, 0) is 5.75 Å². The number of hydrogen-bond acceptors (Lipinski definition) is 4. The van der Waals surface area contributed by atoms with Gasteiger partial charge in [-0.3, -0.25) is 5.10 Å². The highest BCUT2D eigenvalue weighted by molar-refractivity contribution is 9.10. The van der Waals surface area contributed by atoms with Gasteiger partial charge in [0.25, 0.3) is 0 Å². The minimum atomic E-state index is 0.664. The van der Waals surface area contributed by atoms with E-state index in [2.05, 4.69) is 65.3 Å². The van der Waals surface area contributed by atoms with Crippen LogP contribution in [0.2, 0.25) is 0 Å². The van der Waals surface area contributed by atoms with Gasteiger partial charge in [0, 0.05) is 20.9 Å². The molecule has 0 atom stereocenters. The predicted molar refractivity (Wildman–Crippen MR) is 132 cm³/mol. The number of aromatic nitrogens is 6. The van der Waals surface area contributed by atoms with Crippen molar-refractivity contribution in [2.75, 3.05) is 0 Å². The number of H-pyrrole nitrogens is 3. The molecule has 0 fully saturated rings. The van der Waals surface area contributed by atoms with E-state index in [0.29, 0.717) is 16.7 Å². The number of halogens is 1. The largest absolute Gasteiger partial charge is 0.351 e. The van der Waals surface area contributed by atoms with Crippen molar-refractivity contribution in [3.63, 3.8) is 0 Å². The highest BCUT2D eigenvalue weighted by atomic mass is 79.9. The number of nitrogens with zero attached hydrogens (tertiary/aromatic N) is 3. The Balaban J connectivity index is 1.35. The van der Waals surface area contributed by atoms with Crippen molar-refractivity contribution in [2.45, 2.75) is 10.9 Å². The molecule has 0 saturated heterocycles. The smallest absolute Gasteiger partial charge is 0.209 e. The summed E-state index contributed by atoms with van der Waals surface area (Å²) >= 11 is 5.15. The van der Waals surface area contributed by atoms with Crippen molar-refractivity contribution in [1.29, 1.82) is 0 Å². The highest BCUT2D eigenvalue weighted by Gasteiger charge is 2.18. The number of benzene rings is 3. The van der Waals surface area contributed by atoms with Gasteiger partial charge in [-0.05, 0) is 35.9 Å². The maximum atomic E-state index is 4.76. The Kier molecular flexibility index (Phi) is 4.81. The first-order chi connectivity index (χ1) is 15.7. The summed E-state index contributed by atoms with van der Waals surface area (Å²) in [5.41, 5.74) is 6.21. The number of nitrogens with one attached hydrogen (secondary N) is 3. The lowest BCUT2D eigenvalue weighted by atomic mass is 10.0. The average molecular weight is 501 g/mol. The van der Waals surface area contributed by atoms with Crippen molar-refractivity contribution < 1.29 is 0 Å². The molecule has 0 aliphatic rings. The second-order valence-corrected chi connectivity index (χ2v) is 9.25. The quantitative estimate of drug-likeness (QED) is 0.234. The first kappa shape index (κ1) is 19.3. The van der Waals surface area contributed by atoms with E-state index >= 15 is 0 Å². The van der Waals surface area contributed by atoms with Crippen LogP contribution in [0.3, 0.4) is 0 Å². The topological polar surface area (TPSA) is 86.0 Å². The standard InChI is InChI=1S/C24H17BrN6S/c25-15-10-11-17-16(12-15)21(14-6-2-1-3-7-14)22(28-17)23-29-24(31-30-23)32-13-20-26-18-8-4-5-9-19(18)27-20/h1-12,28H,13H2,(H,26,27)(H,29,30,31). The van der Waals surface area contributed by atoms with Crippen molar-refractivity contribution in [1.82, 2.24) is 30.1 Å². The lowest BCUT2D eigenvalue weighted by Crippen LogP contribution is -1.86. The number of fused-ring (bicyclic) bond motifs is 2. The van der Waals surface area contributed by atoms with E-state index in [1.54, 1.807) is 11.8 Å². The lowest BCUT2D eigenvalue weighted by molar-refractivity contribution is 0.970. The lowest BCUT2D eigenvalue weighted by Gasteiger charge is -2.03. The molecule has 0 saturated carbocycles. The van der Waals surface area contributed by atoms with E-state index in [-0.39, 0.29) is 0 Å². The van der Waals surface area contributed by atoms with E-state index in [9.17, 15) is 0 Å². The molecule has 8 heteroatoms. The summed E-state index contributed by atoms with van der Waals surface area (Å²) in [6.07, 6.45) is 0. The van der Waals surface area contributed by atoms with Gasteiger partial charge in [0.2, 0.25) is 5.16 Å². The molecule has 6 aromatic rings. The molecule has 32 heavy (non-hydrogen) atoms. The minimum absolute atomic E-state index is 0.664. The van der Waals surface area contributed by atoms with E-state index < -0.39 is 0 Å². The Morgan fingerprint density at radius 3 is 2.56 bits per heavy atom. The highest BCUT2D eigenvalue weighted by Crippen LogP contribution is 2.38. The third kappa shape index (κ3) is 3.51. The van der Waals surface area contributed by atoms with Crippen LogP contribution in [-0.4, -0.2) is 30.1 Å². The van der Waals surface area contributed by atoms with Gasteiger partial charge >= 0.3 is 0 Å². The molecule has 0 aliphatic heterocycles. The van der Waals surface area contributed by atoms with Crippen molar-refractivity contribution in [3.05, 3.63) is 83.1 Å². The molecular weight excluding hydrogens is 484 g/mol. The molecule has 6 nitrogen and oxygen atoms in total. The predicted octanol–water partition coefficient (Wildman–Crippen LogP) is 6.55. The summed E-state index contributed by atoms with van der Waals surface area (Å²) in [6.45, 7) is 0. The fourth-order valence-corrected chi connectivity index (χ4v) is 4.91. The van der Waals surface area contributed by atoms with E-state index in [1.165, 1.54) is 0 Å². The SMILES string of the molecule is Brc1ccc2[nH]c(-c3nc(SCc4nc5ccccc5[nH]4)n[nH]3)c(-c3ccccc3)c2c1. The number of rotatable bonds is 5. The van der Waals surface area contributed by atoms with Crippen LogP contribution in [0.1, 0.15) is 5.82 Å². The second kappa shape index (κ2) is 7.96. The van der Waals surface area contributed by atoms with E-state index in [1.807, 2.05) is 48.5 Å².